The van der Waals surface area contributed by atoms with Gasteiger partial charge in [0.2, 0.25) is 0 Å². The molecule has 0 saturated heterocycles. The zero-order valence-electron chi connectivity index (χ0n) is 6.63. The number of carbonyl (C=O) groups is 4. The molecule has 74 valence electrons. The normalized spacial score (nSPS) is 14.4. The lowest BCUT2D eigenvalue weighted by Crippen LogP contribution is -2.37. The number of imide groups is 3. The summed E-state index contributed by atoms with van der Waals surface area (Å²) < 4.78 is 0. The fourth-order valence-electron chi connectivity index (χ4n) is 0.694. The molecule has 0 spiro atoms. The first-order valence-corrected chi connectivity index (χ1v) is 3.26. The van der Waals surface area contributed by atoms with Crippen molar-refractivity contribution in [3.8, 4) is 0 Å². The van der Waals surface area contributed by atoms with Crippen molar-refractivity contribution in [2.75, 3.05) is 0 Å². The Bertz CT molecular complexity index is 328. The van der Waals surface area contributed by atoms with Gasteiger partial charge in [0, 0.05) is 12.2 Å². The van der Waals surface area contributed by atoms with Crippen molar-refractivity contribution in [3.63, 3.8) is 0 Å². The van der Waals surface area contributed by atoms with E-state index in [1.165, 1.54) is 0 Å². The van der Waals surface area contributed by atoms with E-state index in [0.717, 1.165) is 12.2 Å². The number of nitrogens with zero attached hydrogens (tertiary/aromatic N) is 1. The first-order chi connectivity index (χ1) is 6.52. The molecule has 8 heteroatoms. The Morgan fingerprint density at radius 3 is 2.07 bits per heavy atom. The summed E-state index contributed by atoms with van der Waals surface area (Å²) in [6, 6.07) is 0. The lowest BCUT2D eigenvalue weighted by molar-refractivity contribution is -0.187. The Morgan fingerprint density at radius 2 is 1.64 bits per heavy atom. The molecule has 0 unspecified atom stereocenters. The van der Waals surface area contributed by atoms with Gasteiger partial charge in [0.05, 0.1) is 0 Å². The molecule has 0 saturated carbocycles. The largest absolute Gasteiger partial charge is 0.467 e. The van der Waals surface area contributed by atoms with Crippen LogP contribution in [0.5, 0.6) is 0 Å². The average molecular weight is 200 g/mol. The molecule has 0 aromatic heterocycles. The second-order valence-corrected chi connectivity index (χ2v) is 2.10. The summed E-state index contributed by atoms with van der Waals surface area (Å²) >= 11 is 0. The van der Waals surface area contributed by atoms with Crippen molar-refractivity contribution in [2.45, 2.75) is 0 Å². The molecule has 0 radical (unpaired) electrons. The summed E-state index contributed by atoms with van der Waals surface area (Å²) in [7, 11) is 0. The number of carbonyl (C=O) groups excluding carboxylic acids is 4. The van der Waals surface area contributed by atoms with Crippen molar-refractivity contribution in [2.24, 2.45) is 5.73 Å². The Kier molecular flexibility index (Phi) is 2.47. The number of nitrogens with two attached hydrogens (primary N) is 1. The molecule has 1 aliphatic rings. The van der Waals surface area contributed by atoms with Crippen molar-refractivity contribution in [1.29, 1.82) is 0 Å². The van der Waals surface area contributed by atoms with Crippen molar-refractivity contribution in [3.05, 3.63) is 12.2 Å². The highest BCUT2D eigenvalue weighted by Crippen LogP contribution is 2.05. The van der Waals surface area contributed by atoms with Gasteiger partial charge in [-0.3, -0.25) is 9.59 Å². The van der Waals surface area contributed by atoms with Gasteiger partial charge < -0.3 is 5.73 Å². The molecule has 1 heterocycles. The van der Waals surface area contributed by atoms with E-state index in [0.29, 0.717) is 0 Å². The van der Waals surface area contributed by atoms with Crippen LogP contribution >= 0.6 is 0 Å². The smallest absolute Gasteiger partial charge is 0.332 e. The SMILES string of the molecule is NC(=O)OOC(=O)N1C(=O)C=CC1=O. The third kappa shape index (κ3) is 1.86. The van der Waals surface area contributed by atoms with Crippen LogP contribution in [-0.4, -0.2) is 28.9 Å². The minimum absolute atomic E-state index is 0.142. The van der Waals surface area contributed by atoms with Gasteiger partial charge >= 0.3 is 12.2 Å². The molecular formula is C6H4N2O6. The van der Waals surface area contributed by atoms with E-state index in [4.69, 9.17) is 0 Å². The lowest BCUT2D eigenvalue weighted by Gasteiger charge is -2.08. The minimum Gasteiger partial charge on any atom is -0.332 e. The minimum atomic E-state index is -1.43. The standard InChI is InChI=1S/C6H4N2O6/c7-5(11)13-14-6(12)8-3(9)1-2-4(8)10/h1-2H,(H2,7,11). The lowest BCUT2D eigenvalue weighted by atomic mass is 10.6. The molecule has 14 heavy (non-hydrogen) atoms. The van der Waals surface area contributed by atoms with Crippen LogP contribution < -0.4 is 5.73 Å². The van der Waals surface area contributed by atoms with Crippen molar-refractivity contribution >= 4 is 24.0 Å². The number of hydrogen-bond donors (Lipinski definition) is 1. The van der Waals surface area contributed by atoms with E-state index >= 15 is 0 Å². The predicted molar refractivity (Wildman–Crippen MR) is 38.1 cm³/mol. The van der Waals surface area contributed by atoms with E-state index in [1.807, 2.05) is 0 Å². The van der Waals surface area contributed by atoms with E-state index in [9.17, 15) is 19.2 Å². The van der Waals surface area contributed by atoms with Crippen molar-refractivity contribution < 1.29 is 29.0 Å². The summed E-state index contributed by atoms with van der Waals surface area (Å²) in [5, 5.41) is 0. The van der Waals surface area contributed by atoms with Crippen LogP contribution in [0.15, 0.2) is 12.2 Å². The molecule has 0 fully saturated rings. The van der Waals surface area contributed by atoms with Crippen LogP contribution in [0.2, 0.25) is 0 Å². The molecule has 2 N–H and O–H groups in total. The highest BCUT2D eigenvalue weighted by Gasteiger charge is 2.32. The monoisotopic (exact) mass is 200 g/mol. The van der Waals surface area contributed by atoms with Gasteiger partial charge in [0.15, 0.2) is 0 Å². The zero-order chi connectivity index (χ0) is 10.7. The molecule has 0 aliphatic carbocycles. The summed E-state index contributed by atoms with van der Waals surface area (Å²) in [5.74, 6) is -1.76. The van der Waals surface area contributed by atoms with E-state index in [2.05, 4.69) is 15.5 Å². The third-order valence-electron chi connectivity index (χ3n) is 1.19. The van der Waals surface area contributed by atoms with Gasteiger partial charge in [-0.1, -0.05) is 0 Å². The molecule has 8 nitrogen and oxygen atoms in total. The van der Waals surface area contributed by atoms with Gasteiger partial charge in [-0.2, -0.15) is 4.90 Å². The van der Waals surface area contributed by atoms with Gasteiger partial charge in [0.25, 0.3) is 11.8 Å². The Balaban J connectivity index is 2.57. The summed E-state index contributed by atoms with van der Waals surface area (Å²) in [4.78, 5) is 50.0. The van der Waals surface area contributed by atoms with E-state index in [-0.39, 0.29) is 4.90 Å². The highest BCUT2D eigenvalue weighted by atomic mass is 17.2. The number of rotatable bonds is 0. The van der Waals surface area contributed by atoms with Crippen LogP contribution in [-0.2, 0) is 19.4 Å². The van der Waals surface area contributed by atoms with Gasteiger partial charge in [-0.25, -0.2) is 19.4 Å². The fourth-order valence-corrected chi connectivity index (χ4v) is 0.694. The molecule has 4 amide bonds. The Hall–Kier alpha value is -2.38. The average Bonchev–Trinajstić information content (AvgIpc) is 2.42. The Labute approximate surface area is 76.8 Å². The predicted octanol–water partition coefficient (Wildman–Crippen LogP) is -0.942. The van der Waals surface area contributed by atoms with Crippen molar-refractivity contribution in [1.82, 2.24) is 4.90 Å². The highest BCUT2D eigenvalue weighted by molar-refractivity contribution is 6.21. The molecule has 1 aliphatic heterocycles. The van der Waals surface area contributed by atoms with Crippen LogP contribution in [0.3, 0.4) is 0 Å². The fraction of sp³-hybridized carbons (Fsp3) is 0. The maximum Gasteiger partial charge on any atom is 0.467 e. The molecule has 0 atom stereocenters. The topological polar surface area (TPSA) is 116 Å². The second-order valence-electron chi connectivity index (χ2n) is 2.10. The molecular weight excluding hydrogens is 196 g/mol. The van der Waals surface area contributed by atoms with Crippen LogP contribution in [0.4, 0.5) is 9.59 Å². The van der Waals surface area contributed by atoms with Crippen LogP contribution in [0, 0.1) is 0 Å². The zero-order valence-corrected chi connectivity index (χ0v) is 6.63. The maximum absolute atomic E-state index is 10.9. The Morgan fingerprint density at radius 1 is 1.14 bits per heavy atom. The quantitative estimate of drug-likeness (QED) is 0.306. The molecule has 0 aromatic rings. The first-order valence-electron chi connectivity index (χ1n) is 3.26. The molecule has 0 bridgehead atoms. The van der Waals surface area contributed by atoms with Gasteiger partial charge in [0.1, 0.15) is 0 Å². The summed E-state index contributed by atoms with van der Waals surface area (Å²) in [6.45, 7) is 0. The van der Waals surface area contributed by atoms with Crippen LogP contribution in [0.25, 0.3) is 0 Å². The molecule has 1 rings (SSSR count). The summed E-state index contributed by atoms with van der Waals surface area (Å²) in [5.41, 5.74) is 4.47. The summed E-state index contributed by atoms with van der Waals surface area (Å²) in [6.07, 6.45) is -1.06. The van der Waals surface area contributed by atoms with Gasteiger partial charge in [-0.05, 0) is 0 Å². The van der Waals surface area contributed by atoms with E-state index < -0.39 is 24.0 Å². The number of primary amides is 1. The third-order valence-corrected chi connectivity index (χ3v) is 1.19. The van der Waals surface area contributed by atoms with Crippen LogP contribution in [0.1, 0.15) is 0 Å². The number of amides is 4. The molecule has 0 aromatic carbocycles. The van der Waals surface area contributed by atoms with Gasteiger partial charge in [-0.15, -0.1) is 0 Å². The number of hydrogen-bond acceptors (Lipinski definition) is 6. The first kappa shape index (κ1) is 9.71. The van der Waals surface area contributed by atoms with E-state index in [1.54, 1.807) is 0 Å². The maximum atomic E-state index is 10.9. The second kappa shape index (κ2) is 3.56.